The molecule has 0 aliphatic heterocycles. The molecule has 1 aromatic carbocycles. The first-order chi connectivity index (χ1) is 7.24. The summed E-state index contributed by atoms with van der Waals surface area (Å²) in [5, 5.41) is 9.51. The summed E-state index contributed by atoms with van der Waals surface area (Å²) in [6.07, 6.45) is -0.0653. The molecular formula is C12H10N2O. The molecule has 0 bridgehead atoms. The number of hydrogen-bond acceptors (Lipinski definition) is 2. The van der Waals surface area contributed by atoms with Gasteiger partial charge in [0.15, 0.2) is 5.78 Å². The van der Waals surface area contributed by atoms with Crippen LogP contribution in [0.25, 0.3) is 10.9 Å². The Kier molecular flexibility index (Phi) is 2.26. The van der Waals surface area contributed by atoms with Gasteiger partial charge >= 0.3 is 0 Å². The van der Waals surface area contributed by atoms with Gasteiger partial charge in [-0.1, -0.05) is 18.2 Å². The molecule has 74 valence electrons. The average molecular weight is 198 g/mol. The Balaban J connectivity index is 2.59. The Morgan fingerprint density at radius 3 is 2.87 bits per heavy atom. The molecule has 2 aromatic rings. The van der Waals surface area contributed by atoms with Crippen LogP contribution in [0.3, 0.4) is 0 Å². The lowest BCUT2D eigenvalue weighted by atomic mass is 10.2. The van der Waals surface area contributed by atoms with Crippen LogP contribution in [0.2, 0.25) is 0 Å². The molecule has 1 aromatic heterocycles. The van der Waals surface area contributed by atoms with Gasteiger partial charge in [0.2, 0.25) is 0 Å². The highest BCUT2D eigenvalue weighted by atomic mass is 16.1. The SMILES string of the molecule is Cn1c(C(=O)CC#N)cc2ccccc21. The molecule has 15 heavy (non-hydrogen) atoms. The smallest absolute Gasteiger partial charge is 0.193 e. The molecule has 0 atom stereocenters. The summed E-state index contributed by atoms with van der Waals surface area (Å²) in [6.45, 7) is 0. The second kappa shape index (κ2) is 3.58. The van der Waals surface area contributed by atoms with E-state index in [0.717, 1.165) is 10.9 Å². The third-order valence-corrected chi connectivity index (χ3v) is 2.48. The summed E-state index contributed by atoms with van der Waals surface area (Å²) in [5.41, 5.74) is 1.61. The van der Waals surface area contributed by atoms with Crippen molar-refractivity contribution in [1.29, 1.82) is 5.26 Å². The fourth-order valence-electron chi connectivity index (χ4n) is 1.72. The minimum atomic E-state index is -0.129. The fraction of sp³-hybridized carbons (Fsp3) is 0.167. The van der Waals surface area contributed by atoms with Crippen molar-refractivity contribution in [3.05, 3.63) is 36.0 Å². The van der Waals surface area contributed by atoms with E-state index in [2.05, 4.69) is 0 Å². The van der Waals surface area contributed by atoms with E-state index in [-0.39, 0.29) is 12.2 Å². The third kappa shape index (κ3) is 1.50. The van der Waals surface area contributed by atoms with E-state index in [1.54, 1.807) is 0 Å². The molecule has 0 N–H and O–H groups in total. The topological polar surface area (TPSA) is 45.8 Å². The molecule has 3 nitrogen and oxygen atoms in total. The van der Waals surface area contributed by atoms with Crippen molar-refractivity contribution in [3.8, 4) is 6.07 Å². The van der Waals surface area contributed by atoms with Crippen LogP contribution in [0, 0.1) is 11.3 Å². The third-order valence-electron chi connectivity index (χ3n) is 2.48. The first-order valence-corrected chi connectivity index (χ1v) is 4.68. The first-order valence-electron chi connectivity index (χ1n) is 4.68. The van der Waals surface area contributed by atoms with Gasteiger partial charge in [-0.2, -0.15) is 5.26 Å². The van der Waals surface area contributed by atoms with Crippen molar-refractivity contribution in [2.75, 3.05) is 0 Å². The van der Waals surface area contributed by atoms with Gasteiger partial charge in [-0.15, -0.1) is 0 Å². The maximum Gasteiger partial charge on any atom is 0.193 e. The molecule has 2 rings (SSSR count). The number of carbonyl (C=O) groups excluding carboxylic acids is 1. The molecule has 0 fully saturated rings. The summed E-state index contributed by atoms with van der Waals surface area (Å²) in [5.74, 6) is -0.129. The van der Waals surface area contributed by atoms with Gasteiger partial charge in [-0.25, -0.2) is 0 Å². The number of aryl methyl sites for hydroxylation is 1. The van der Waals surface area contributed by atoms with Crippen molar-refractivity contribution in [2.45, 2.75) is 6.42 Å². The van der Waals surface area contributed by atoms with Gasteiger partial charge in [0.1, 0.15) is 6.42 Å². The number of nitriles is 1. The van der Waals surface area contributed by atoms with Crippen LogP contribution < -0.4 is 0 Å². The minimum Gasteiger partial charge on any atom is -0.341 e. The van der Waals surface area contributed by atoms with E-state index in [4.69, 9.17) is 5.26 Å². The zero-order valence-corrected chi connectivity index (χ0v) is 8.40. The predicted octanol–water partition coefficient (Wildman–Crippen LogP) is 2.27. The maximum absolute atomic E-state index is 11.6. The Hall–Kier alpha value is -2.08. The maximum atomic E-state index is 11.6. The Morgan fingerprint density at radius 1 is 1.47 bits per heavy atom. The molecule has 1 heterocycles. The molecule has 0 unspecified atom stereocenters. The highest BCUT2D eigenvalue weighted by molar-refractivity contribution is 6.00. The molecule has 0 spiro atoms. The van der Waals surface area contributed by atoms with Crippen molar-refractivity contribution in [1.82, 2.24) is 4.57 Å². The van der Waals surface area contributed by atoms with E-state index < -0.39 is 0 Å². The van der Waals surface area contributed by atoms with Crippen LogP contribution in [0.5, 0.6) is 0 Å². The second-order valence-electron chi connectivity index (χ2n) is 3.41. The summed E-state index contributed by atoms with van der Waals surface area (Å²) in [4.78, 5) is 11.6. The lowest BCUT2D eigenvalue weighted by molar-refractivity contribution is 0.0990. The van der Waals surface area contributed by atoms with E-state index in [0.29, 0.717) is 5.69 Å². The summed E-state index contributed by atoms with van der Waals surface area (Å²) in [7, 11) is 1.84. The van der Waals surface area contributed by atoms with Crippen LogP contribution in [-0.2, 0) is 7.05 Å². The molecule has 0 aliphatic rings. The van der Waals surface area contributed by atoms with Crippen molar-refractivity contribution in [3.63, 3.8) is 0 Å². The molecule has 3 heteroatoms. The summed E-state index contributed by atoms with van der Waals surface area (Å²) < 4.78 is 1.83. The number of rotatable bonds is 2. The minimum absolute atomic E-state index is 0.0653. The number of ketones is 1. The van der Waals surface area contributed by atoms with E-state index in [1.165, 1.54) is 0 Å². The van der Waals surface area contributed by atoms with Crippen LogP contribution in [-0.4, -0.2) is 10.4 Å². The normalized spacial score (nSPS) is 10.1. The number of para-hydroxylation sites is 1. The lowest BCUT2D eigenvalue weighted by Crippen LogP contribution is -2.04. The Labute approximate surface area is 87.5 Å². The molecule has 0 amide bonds. The summed E-state index contributed by atoms with van der Waals surface area (Å²) in [6, 6.07) is 11.5. The van der Waals surface area contributed by atoms with Crippen LogP contribution in [0.4, 0.5) is 0 Å². The molecule has 0 radical (unpaired) electrons. The number of hydrogen-bond donors (Lipinski definition) is 0. The predicted molar refractivity (Wildman–Crippen MR) is 57.5 cm³/mol. The number of nitrogens with zero attached hydrogens (tertiary/aromatic N) is 2. The van der Waals surface area contributed by atoms with Gasteiger partial charge < -0.3 is 4.57 Å². The van der Waals surface area contributed by atoms with Crippen molar-refractivity contribution >= 4 is 16.7 Å². The van der Waals surface area contributed by atoms with Gasteiger partial charge in [0, 0.05) is 18.0 Å². The van der Waals surface area contributed by atoms with Gasteiger partial charge in [-0.05, 0) is 12.1 Å². The number of aromatic nitrogens is 1. The zero-order chi connectivity index (χ0) is 10.8. The van der Waals surface area contributed by atoms with Crippen LogP contribution in [0.15, 0.2) is 30.3 Å². The monoisotopic (exact) mass is 198 g/mol. The van der Waals surface area contributed by atoms with Gasteiger partial charge in [0.25, 0.3) is 0 Å². The Bertz CT molecular complexity index is 560. The highest BCUT2D eigenvalue weighted by Gasteiger charge is 2.11. The molecule has 0 saturated carbocycles. The lowest BCUT2D eigenvalue weighted by Gasteiger charge is -1.99. The zero-order valence-electron chi connectivity index (χ0n) is 8.40. The van der Waals surface area contributed by atoms with Crippen molar-refractivity contribution in [2.24, 2.45) is 7.05 Å². The van der Waals surface area contributed by atoms with Crippen LogP contribution >= 0.6 is 0 Å². The fourth-order valence-corrected chi connectivity index (χ4v) is 1.72. The number of benzene rings is 1. The molecule has 0 saturated heterocycles. The largest absolute Gasteiger partial charge is 0.341 e. The highest BCUT2D eigenvalue weighted by Crippen LogP contribution is 2.19. The van der Waals surface area contributed by atoms with E-state index in [9.17, 15) is 4.79 Å². The van der Waals surface area contributed by atoms with Crippen molar-refractivity contribution < 1.29 is 4.79 Å². The van der Waals surface area contributed by atoms with Gasteiger partial charge in [0.05, 0.1) is 11.8 Å². The Morgan fingerprint density at radius 2 is 2.20 bits per heavy atom. The molecule has 0 aliphatic carbocycles. The van der Waals surface area contributed by atoms with E-state index in [1.807, 2.05) is 48.0 Å². The number of Topliss-reactive ketones (excluding diaryl/α,β-unsaturated/α-hetero) is 1. The standard InChI is InChI=1S/C12H10N2O/c1-14-10-5-3-2-4-9(10)8-11(14)12(15)6-7-13/h2-5,8H,6H2,1H3. The van der Waals surface area contributed by atoms with E-state index >= 15 is 0 Å². The average Bonchev–Trinajstić information content (AvgIpc) is 2.57. The number of fused-ring (bicyclic) bond motifs is 1. The molecular weight excluding hydrogens is 188 g/mol. The van der Waals surface area contributed by atoms with Gasteiger partial charge in [-0.3, -0.25) is 4.79 Å². The quantitative estimate of drug-likeness (QED) is 0.695. The first kappa shape index (κ1) is 9.47. The van der Waals surface area contributed by atoms with Crippen LogP contribution in [0.1, 0.15) is 16.9 Å². The summed E-state index contributed by atoms with van der Waals surface area (Å²) >= 11 is 0. The number of carbonyl (C=O) groups is 1. The second-order valence-corrected chi connectivity index (χ2v) is 3.41.